The molecule has 448 valence electrons. The zero-order chi connectivity index (χ0) is 55.3. The fourth-order valence-electron chi connectivity index (χ4n) is 10.6. The molecule has 2 saturated heterocycles. The van der Waals surface area contributed by atoms with Crippen molar-refractivity contribution in [2.45, 2.75) is 344 Å². The van der Waals surface area contributed by atoms with E-state index in [4.69, 9.17) is 18.9 Å². The summed E-state index contributed by atoms with van der Waals surface area (Å²) >= 11 is 0. The molecule has 2 aliphatic rings. The van der Waals surface area contributed by atoms with E-state index in [-0.39, 0.29) is 12.5 Å². The molecule has 0 aromatic carbocycles. The van der Waals surface area contributed by atoms with Crippen molar-refractivity contribution in [1.82, 2.24) is 5.32 Å². The number of ether oxygens (including phenoxy) is 4. The number of nitrogens with one attached hydrogen (secondary N) is 1. The van der Waals surface area contributed by atoms with Crippen LogP contribution in [0.4, 0.5) is 0 Å². The molecule has 76 heavy (non-hydrogen) atoms. The number of hydrogen-bond acceptors (Lipinski definition) is 13. The molecule has 14 nitrogen and oxygen atoms in total. The minimum atomic E-state index is -1.78. The van der Waals surface area contributed by atoms with E-state index in [2.05, 4.69) is 43.5 Å². The van der Waals surface area contributed by atoms with Gasteiger partial charge in [-0.25, -0.2) is 0 Å². The summed E-state index contributed by atoms with van der Waals surface area (Å²) in [7, 11) is 0. The standard InChI is InChI=1S/C62H117NO13/c1-3-5-7-8-9-10-11-12-13-14-15-16-17-18-19-20-21-22-23-24-25-26-27-28-29-30-31-32-33-34-35-36-37-38-39-40-41-42-44-46-54(67)63-50(51(66)45-43-6-4-2)49-73-61-59(72)57(70)60(53(48-65)75-61)76-62-58(71)56(69)55(68)52(47-64)74-62/h11-12,14-15,50-53,55-62,64-66,68-72H,3-10,13,16-49H2,1-2H3,(H,63,67)/b12-11-,15-14-. The number of hydrogen-bond donors (Lipinski definition) is 9. The number of aliphatic hydroxyl groups excluding tert-OH is 8. The second-order valence-electron chi connectivity index (χ2n) is 22.5. The largest absolute Gasteiger partial charge is 0.394 e. The molecule has 0 radical (unpaired) electrons. The van der Waals surface area contributed by atoms with Crippen molar-refractivity contribution < 1.29 is 64.6 Å². The van der Waals surface area contributed by atoms with Gasteiger partial charge >= 0.3 is 0 Å². The van der Waals surface area contributed by atoms with Gasteiger partial charge in [0.15, 0.2) is 12.6 Å². The fraction of sp³-hybridized carbons (Fsp3) is 0.919. The third kappa shape index (κ3) is 33.3. The number of amides is 1. The van der Waals surface area contributed by atoms with Crippen LogP contribution < -0.4 is 5.32 Å². The molecule has 2 aliphatic heterocycles. The number of carbonyl (C=O) groups is 1. The molecule has 0 aliphatic carbocycles. The fourth-order valence-corrected chi connectivity index (χ4v) is 10.6. The van der Waals surface area contributed by atoms with Crippen molar-refractivity contribution in [3.63, 3.8) is 0 Å². The molecule has 0 spiro atoms. The summed E-state index contributed by atoms with van der Waals surface area (Å²) in [6.07, 6.45) is 42.2. The van der Waals surface area contributed by atoms with Crippen LogP contribution in [-0.4, -0.2) is 140 Å². The number of rotatable bonds is 51. The van der Waals surface area contributed by atoms with E-state index in [9.17, 15) is 45.6 Å². The lowest BCUT2D eigenvalue weighted by Gasteiger charge is -2.46. The first-order valence-electron chi connectivity index (χ1n) is 31.6. The predicted octanol–water partition coefficient (Wildman–Crippen LogP) is 11.2. The van der Waals surface area contributed by atoms with Crippen LogP contribution in [0.5, 0.6) is 0 Å². The maximum atomic E-state index is 13.1. The maximum absolute atomic E-state index is 13.1. The van der Waals surface area contributed by atoms with Crippen molar-refractivity contribution in [3.8, 4) is 0 Å². The average molecular weight is 1080 g/mol. The summed E-state index contributed by atoms with van der Waals surface area (Å²) < 4.78 is 22.6. The minimum absolute atomic E-state index is 0.214. The normalized spacial score (nSPS) is 25.0. The molecule has 0 bridgehead atoms. The van der Waals surface area contributed by atoms with Crippen molar-refractivity contribution in [2.24, 2.45) is 0 Å². The van der Waals surface area contributed by atoms with Gasteiger partial charge in [-0.1, -0.05) is 244 Å². The van der Waals surface area contributed by atoms with Gasteiger partial charge in [0.05, 0.1) is 32.0 Å². The van der Waals surface area contributed by atoms with Crippen LogP contribution in [0, 0.1) is 0 Å². The Balaban J connectivity index is 1.42. The predicted molar refractivity (Wildman–Crippen MR) is 305 cm³/mol. The van der Waals surface area contributed by atoms with Crippen LogP contribution in [-0.2, 0) is 23.7 Å². The first-order valence-corrected chi connectivity index (χ1v) is 31.6. The Kier molecular flexibility index (Phi) is 44.8. The van der Waals surface area contributed by atoms with Crippen LogP contribution in [0.25, 0.3) is 0 Å². The number of carbonyl (C=O) groups excluding carboxylic acids is 1. The minimum Gasteiger partial charge on any atom is -0.394 e. The van der Waals surface area contributed by atoms with Gasteiger partial charge in [0.1, 0.15) is 48.8 Å². The second kappa shape index (κ2) is 48.2. The van der Waals surface area contributed by atoms with Crippen molar-refractivity contribution in [1.29, 1.82) is 0 Å². The quantitative estimate of drug-likeness (QED) is 0.0204. The van der Waals surface area contributed by atoms with E-state index in [0.29, 0.717) is 12.8 Å². The summed E-state index contributed by atoms with van der Waals surface area (Å²) in [4.78, 5) is 13.1. The number of unbranched alkanes of at least 4 members (excludes halogenated alkanes) is 34. The zero-order valence-corrected chi connectivity index (χ0v) is 48.3. The molecule has 12 unspecified atom stereocenters. The lowest BCUT2D eigenvalue weighted by atomic mass is 9.97. The average Bonchev–Trinajstić information content (AvgIpc) is 3.42. The SMILES string of the molecule is CCCCCCC/C=C\C/C=C\CCCCCCCCCCCCCCCCCCCCCCCCCCCCCC(=O)NC(COC1OC(CO)C(OC2OC(CO)C(O)C(O)C2O)C(O)C1O)C(O)CCCCC. The first kappa shape index (κ1) is 70.6. The molecule has 0 aromatic heterocycles. The lowest BCUT2D eigenvalue weighted by Crippen LogP contribution is -2.65. The molecule has 0 saturated carbocycles. The smallest absolute Gasteiger partial charge is 0.220 e. The first-order chi connectivity index (χ1) is 37.1. The Hall–Kier alpha value is -1.53. The van der Waals surface area contributed by atoms with Gasteiger partial charge in [0, 0.05) is 6.42 Å². The van der Waals surface area contributed by atoms with Crippen molar-refractivity contribution in [3.05, 3.63) is 24.3 Å². The summed E-state index contributed by atoms with van der Waals surface area (Å²) in [5.41, 5.74) is 0. The van der Waals surface area contributed by atoms with Crippen LogP contribution in [0.3, 0.4) is 0 Å². The highest BCUT2D eigenvalue weighted by Gasteiger charge is 2.51. The van der Waals surface area contributed by atoms with E-state index in [0.717, 1.165) is 51.4 Å². The van der Waals surface area contributed by atoms with Gasteiger partial charge in [-0.05, 0) is 44.9 Å². The summed E-state index contributed by atoms with van der Waals surface area (Å²) in [5.74, 6) is -0.214. The van der Waals surface area contributed by atoms with Crippen molar-refractivity contribution in [2.75, 3.05) is 19.8 Å². The molecule has 2 heterocycles. The molecule has 2 rings (SSSR count). The molecule has 14 heteroatoms. The Morgan fingerprint density at radius 1 is 0.474 bits per heavy atom. The van der Waals surface area contributed by atoms with E-state index in [1.54, 1.807) is 0 Å². The maximum Gasteiger partial charge on any atom is 0.220 e. The molecule has 9 N–H and O–H groups in total. The Bertz CT molecular complexity index is 1370. The van der Waals surface area contributed by atoms with Gasteiger partial charge in [-0.2, -0.15) is 0 Å². The van der Waals surface area contributed by atoms with Crippen LogP contribution >= 0.6 is 0 Å². The molecular weight excluding hydrogens is 967 g/mol. The van der Waals surface area contributed by atoms with Crippen LogP contribution in [0.2, 0.25) is 0 Å². The molecule has 12 atom stereocenters. The Labute approximate surface area is 462 Å². The molecule has 2 fully saturated rings. The van der Waals surface area contributed by atoms with E-state index >= 15 is 0 Å². The highest BCUT2D eigenvalue weighted by molar-refractivity contribution is 5.76. The third-order valence-corrected chi connectivity index (χ3v) is 15.7. The Morgan fingerprint density at radius 2 is 0.868 bits per heavy atom. The van der Waals surface area contributed by atoms with E-state index in [1.165, 1.54) is 193 Å². The van der Waals surface area contributed by atoms with Gasteiger partial charge in [-0.3, -0.25) is 4.79 Å². The summed E-state index contributed by atoms with van der Waals surface area (Å²) in [6, 6.07) is -0.820. The Morgan fingerprint density at radius 3 is 1.32 bits per heavy atom. The second-order valence-corrected chi connectivity index (χ2v) is 22.5. The van der Waals surface area contributed by atoms with Gasteiger partial charge in [-0.15, -0.1) is 0 Å². The topological polar surface area (TPSA) is 228 Å². The van der Waals surface area contributed by atoms with Gasteiger partial charge in [0.25, 0.3) is 0 Å². The van der Waals surface area contributed by atoms with Crippen LogP contribution in [0.15, 0.2) is 24.3 Å². The zero-order valence-electron chi connectivity index (χ0n) is 48.3. The molecular formula is C62H117NO13. The highest BCUT2D eigenvalue weighted by atomic mass is 16.7. The number of aliphatic hydroxyl groups is 8. The van der Waals surface area contributed by atoms with Gasteiger partial charge < -0.3 is 65.1 Å². The summed E-state index contributed by atoms with van der Waals surface area (Å²) in [5, 5.41) is 86.2. The molecule has 1 amide bonds. The highest BCUT2D eigenvalue weighted by Crippen LogP contribution is 2.30. The number of allylic oxidation sites excluding steroid dienone is 4. The van der Waals surface area contributed by atoms with E-state index in [1.807, 2.05) is 0 Å². The van der Waals surface area contributed by atoms with Gasteiger partial charge in [0.2, 0.25) is 5.91 Å². The van der Waals surface area contributed by atoms with Crippen LogP contribution in [0.1, 0.15) is 271 Å². The van der Waals surface area contributed by atoms with E-state index < -0.39 is 86.8 Å². The monoisotopic (exact) mass is 1080 g/mol. The lowest BCUT2D eigenvalue weighted by molar-refractivity contribution is -0.359. The molecule has 0 aromatic rings. The third-order valence-electron chi connectivity index (χ3n) is 15.7. The summed E-state index contributed by atoms with van der Waals surface area (Å²) in [6.45, 7) is 2.68. The van der Waals surface area contributed by atoms with Crippen molar-refractivity contribution >= 4 is 5.91 Å².